The topological polar surface area (TPSA) is 57.7 Å². The van der Waals surface area contributed by atoms with Gasteiger partial charge in [0.15, 0.2) is 0 Å². The first-order chi connectivity index (χ1) is 11.1. The smallest absolute Gasteiger partial charge is 0.268 e. The highest BCUT2D eigenvalue weighted by molar-refractivity contribution is 14.1. The van der Waals surface area contributed by atoms with Crippen LogP contribution < -0.4 is 9.80 Å². The first-order valence-corrected chi connectivity index (χ1v) is 8.03. The second kappa shape index (κ2) is 6.33. The van der Waals surface area contributed by atoms with E-state index in [2.05, 4.69) is 0 Å². The molecule has 6 heteroatoms. The predicted molar refractivity (Wildman–Crippen MR) is 95.4 cm³/mol. The number of hydrogen-bond donors (Lipinski definition) is 0. The number of hydrogen-bond acceptors (Lipinski definition) is 3. The van der Waals surface area contributed by atoms with Gasteiger partial charge >= 0.3 is 6.03 Å². The van der Waals surface area contributed by atoms with Crippen molar-refractivity contribution in [2.75, 3.05) is 9.80 Å². The molecule has 0 N–H and O–H groups in total. The zero-order chi connectivity index (χ0) is 16.4. The van der Waals surface area contributed by atoms with Gasteiger partial charge in [0.1, 0.15) is 5.57 Å². The fourth-order valence-corrected chi connectivity index (χ4v) is 2.84. The third-order valence-electron chi connectivity index (χ3n) is 3.39. The maximum atomic E-state index is 12.8. The molecular formula is C17H11IN2O3. The highest BCUT2D eigenvalue weighted by atomic mass is 127. The van der Waals surface area contributed by atoms with Crippen LogP contribution in [0.15, 0.2) is 70.3 Å². The Morgan fingerprint density at radius 3 is 1.43 bits per heavy atom. The van der Waals surface area contributed by atoms with Crippen molar-refractivity contribution in [3.8, 4) is 0 Å². The monoisotopic (exact) mass is 418 g/mol. The first-order valence-electron chi connectivity index (χ1n) is 6.78. The second-order valence-electron chi connectivity index (χ2n) is 4.76. The third kappa shape index (κ3) is 2.65. The first kappa shape index (κ1) is 15.4. The average Bonchev–Trinajstić information content (AvgIpc) is 2.57. The van der Waals surface area contributed by atoms with Gasteiger partial charge in [0.25, 0.3) is 11.8 Å². The Balaban J connectivity index is 2.13. The number of benzene rings is 2. The van der Waals surface area contributed by atoms with Crippen LogP contribution in [0, 0.1) is 0 Å². The van der Waals surface area contributed by atoms with E-state index in [-0.39, 0.29) is 5.57 Å². The van der Waals surface area contributed by atoms with Crippen LogP contribution in [-0.4, -0.2) is 17.8 Å². The van der Waals surface area contributed by atoms with Gasteiger partial charge in [-0.1, -0.05) is 59.0 Å². The molecule has 1 saturated heterocycles. The predicted octanol–water partition coefficient (Wildman–Crippen LogP) is 3.51. The summed E-state index contributed by atoms with van der Waals surface area (Å²) in [5.41, 5.74) is 0.802. The van der Waals surface area contributed by atoms with Gasteiger partial charge in [-0.15, -0.1) is 0 Å². The molecule has 2 aromatic rings. The van der Waals surface area contributed by atoms with Crippen LogP contribution in [0.4, 0.5) is 16.2 Å². The van der Waals surface area contributed by atoms with Crippen molar-refractivity contribution in [2.45, 2.75) is 0 Å². The SMILES string of the molecule is O=C1C(=CI)C(=O)N(c2ccccc2)C(=O)N1c1ccccc1. The number of nitrogens with zero attached hydrogens (tertiary/aromatic N) is 2. The average molecular weight is 418 g/mol. The normalized spacial score (nSPS) is 15.2. The number of rotatable bonds is 2. The molecule has 4 amide bonds. The fraction of sp³-hybridized carbons (Fsp3) is 0. The van der Waals surface area contributed by atoms with Crippen molar-refractivity contribution in [3.05, 3.63) is 70.3 Å². The summed E-state index contributed by atoms with van der Waals surface area (Å²) in [5.74, 6) is -1.24. The van der Waals surface area contributed by atoms with E-state index in [1.807, 2.05) is 22.6 Å². The third-order valence-corrected chi connectivity index (χ3v) is 4.01. The molecule has 1 aliphatic heterocycles. The van der Waals surface area contributed by atoms with Gasteiger partial charge in [-0.25, -0.2) is 14.6 Å². The lowest BCUT2D eigenvalue weighted by atomic mass is 10.1. The van der Waals surface area contributed by atoms with Crippen LogP contribution in [-0.2, 0) is 9.59 Å². The quantitative estimate of drug-likeness (QED) is 0.426. The van der Waals surface area contributed by atoms with Gasteiger partial charge in [0, 0.05) is 0 Å². The molecule has 0 bridgehead atoms. The van der Waals surface area contributed by atoms with Gasteiger partial charge in [-0.05, 0) is 28.3 Å². The summed E-state index contributed by atoms with van der Waals surface area (Å²) < 4.78 is 1.40. The van der Waals surface area contributed by atoms with Crippen LogP contribution >= 0.6 is 22.6 Å². The Morgan fingerprint density at radius 2 is 1.09 bits per heavy atom. The number of anilines is 2. The molecule has 0 aromatic heterocycles. The molecule has 1 heterocycles. The lowest BCUT2D eigenvalue weighted by molar-refractivity contribution is -0.121. The van der Waals surface area contributed by atoms with Crippen LogP contribution in [0.2, 0.25) is 0 Å². The molecule has 1 fully saturated rings. The van der Waals surface area contributed by atoms with Gasteiger partial charge in [-0.2, -0.15) is 0 Å². The second-order valence-corrected chi connectivity index (χ2v) is 5.38. The molecule has 0 atom stereocenters. The van der Waals surface area contributed by atoms with E-state index in [0.29, 0.717) is 11.4 Å². The lowest BCUT2D eigenvalue weighted by Crippen LogP contribution is -2.57. The van der Waals surface area contributed by atoms with E-state index in [9.17, 15) is 14.4 Å². The fourth-order valence-electron chi connectivity index (χ4n) is 2.31. The molecule has 0 radical (unpaired) electrons. The minimum absolute atomic E-state index is 0.0436. The molecule has 0 aliphatic carbocycles. The van der Waals surface area contributed by atoms with Gasteiger partial charge in [0.2, 0.25) is 0 Å². The Bertz CT molecular complexity index is 740. The number of urea groups is 1. The van der Waals surface area contributed by atoms with Crippen LogP contribution in [0.1, 0.15) is 0 Å². The van der Waals surface area contributed by atoms with Crippen molar-refractivity contribution in [1.82, 2.24) is 0 Å². The largest absolute Gasteiger partial charge is 0.343 e. The molecule has 1 aliphatic rings. The molecule has 0 unspecified atom stereocenters. The van der Waals surface area contributed by atoms with Crippen molar-refractivity contribution >= 4 is 51.8 Å². The molecule has 3 rings (SSSR count). The van der Waals surface area contributed by atoms with Crippen LogP contribution in [0.25, 0.3) is 0 Å². The zero-order valence-electron chi connectivity index (χ0n) is 11.8. The van der Waals surface area contributed by atoms with Gasteiger partial charge < -0.3 is 0 Å². The molecule has 2 aromatic carbocycles. The van der Waals surface area contributed by atoms with Crippen molar-refractivity contribution in [1.29, 1.82) is 0 Å². The standard InChI is InChI=1S/C17H11IN2O3/c18-11-14-15(21)19(12-7-3-1-4-8-12)17(23)20(16(14)22)13-9-5-2-6-10-13/h1-11H. The molecule has 114 valence electrons. The molecule has 5 nitrogen and oxygen atoms in total. The van der Waals surface area contributed by atoms with Crippen molar-refractivity contribution in [3.63, 3.8) is 0 Å². The Labute approximate surface area is 146 Å². The number of carbonyl (C=O) groups is 3. The summed E-state index contributed by atoms with van der Waals surface area (Å²) in [6, 6.07) is 16.4. The summed E-state index contributed by atoms with van der Waals surface area (Å²) in [6.07, 6.45) is 0. The highest BCUT2D eigenvalue weighted by Crippen LogP contribution is 2.28. The van der Waals surface area contributed by atoms with E-state index in [4.69, 9.17) is 0 Å². The van der Waals surface area contributed by atoms with Crippen molar-refractivity contribution < 1.29 is 14.4 Å². The number of carbonyl (C=O) groups excluding carboxylic acids is 3. The summed E-state index contributed by atoms with van der Waals surface area (Å²) in [5, 5.41) is 0. The zero-order valence-corrected chi connectivity index (χ0v) is 14.0. The van der Waals surface area contributed by atoms with Crippen LogP contribution in [0.3, 0.4) is 0 Å². The lowest BCUT2D eigenvalue weighted by Gasteiger charge is -2.33. The van der Waals surface area contributed by atoms with E-state index in [1.165, 1.54) is 4.08 Å². The number of barbiturate groups is 1. The summed E-state index contributed by atoms with van der Waals surface area (Å²) >= 11 is 1.83. The number of para-hydroxylation sites is 2. The minimum atomic E-state index is -0.681. The Hall–Kier alpha value is -2.48. The minimum Gasteiger partial charge on any atom is -0.268 e. The van der Waals surface area contributed by atoms with E-state index < -0.39 is 17.8 Å². The molecule has 0 spiro atoms. The van der Waals surface area contributed by atoms with E-state index >= 15 is 0 Å². The van der Waals surface area contributed by atoms with Gasteiger partial charge in [0.05, 0.1) is 11.4 Å². The molecule has 0 saturated carbocycles. The van der Waals surface area contributed by atoms with Crippen molar-refractivity contribution in [2.24, 2.45) is 0 Å². The highest BCUT2D eigenvalue weighted by Gasteiger charge is 2.43. The molecular weight excluding hydrogens is 407 g/mol. The van der Waals surface area contributed by atoms with E-state index in [1.54, 1.807) is 60.7 Å². The van der Waals surface area contributed by atoms with Gasteiger partial charge in [-0.3, -0.25) is 9.59 Å². The number of imide groups is 2. The molecule has 23 heavy (non-hydrogen) atoms. The summed E-state index contributed by atoms with van der Waals surface area (Å²) in [4.78, 5) is 39.9. The summed E-state index contributed by atoms with van der Waals surface area (Å²) in [7, 11) is 0. The summed E-state index contributed by atoms with van der Waals surface area (Å²) in [6.45, 7) is 0. The number of amides is 4. The van der Waals surface area contributed by atoms with E-state index in [0.717, 1.165) is 9.80 Å². The maximum absolute atomic E-state index is 12.8. The Morgan fingerprint density at radius 1 is 0.696 bits per heavy atom. The van der Waals surface area contributed by atoms with Crippen LogP contribution in [0.5, 0.6) is 0 Å². The number of halogens is 1. The maximum Gasteiger partial charge on any atom is 0.343 e. The Kier molecular flexibility index (Phi) is 4.24.